The topological polar surface area (TPSA) is 34.9 Å². The molecule has 0 unspecified atom stereocenters. The fourth-order valence-corrected chi connectivity index (χ4v) is 1.84. The largest absolute Gasteiger partial charge is 0.274 e. The van der Waals surface area contributed by atoms with E-state index in [0.29, 0.717) is 9.99 Å². The van der Waals surface area contributed by atoms with Crippen LogP contribution in [0.1, 0.15) is 0 Å². The van der Waals surface area contributed by atoms with E-state index in [1.54, 1.807) is 13.1 Å². The van der Waals surface area contributed by atoms with Crippen molar-refractivity contribution in [3.63, 3.8) is 0 Å². The molecule has 66 valence electrons. The van der Waals surface area contributed by atoms with Crippen LogP contribution in [0.25, 0.3) is 10.8 Å². The molecule has 0 saturated heterocycles. The van der Waals surface area contributed by atoms with Crippen LogP contribution in [0.2, 0.25) is 0 Å². The van der Waals surface area contributed by atoms with Gasteiger partial charge in [-0.2, -0.15) is 5.10 Å². The minimum absolute atomic E-state index is 0.0706. The van der Waals surface area contributed by atoms with Crippen LogP contribution in [0.15, 0.2) is 33.7 Å². The van der Waals surface area contributed by atoms with Crippen molar-refractivity contribution in [2.75, 3.05) is 0 Å². The van der Waals surface area contributed by atoms with E-state index in [2.05, 4.69) is 21.0 Å². The Morgan fingerprint density at radius 3 is 2.62 bits per heavy atom. The smallest absolute Gasteiger partial charge is 0.267 e. The molecule has 13 heavy (non-hydrogen) atoms. The molecule has 1 aromatic carbocycles. The maximum atomic E-state index is 11.6. The standard InChI is InChI=1S/C9H7BrN2O/c1-12-9(13)7-5-3-2-4-6(7)8(10)11-12/h2-5H,1H3. The third kappa shape index (κ3) is 1.27. The number of aryl methyl sites for hydroxylation is 1. The van der Waals surface area contributed by atoms with Gasteiger partial charge in [-0.3, -0.25) is 4.79 Å². The second kappa shape index (κ2) is 2.96. The lowest BCUT2D eigenvalue weighted by Crippen LogP contribution is -2.19. The lowest BCUT2D eigenvalue weighted by Gasteiger charge is -2.01. The van der Waals surface area contributed by atoms with Crippen LogP contribution in [0.4, 0.5) is 0 Å². The molecule has 0 bridgehead atoms. The number of benzene rings is 1. The third-order valence-corrected chi connectivity index (χ3v) is 2.50. The highest BCUT2D eigenvalue weighted by Gasteiger charge is 2.04. The molecule has 0 aliphatic carbocycles. The van der Waals surface area contributed by atoms with Gasteiger partial charge in [-0.15, -0.1) is 0 Å². The summed E-state index contributed by atoms with van der Waals surface area (Å²) >= 11 is 3.31. The number of aromatic nitrogens is 2. The Hall–Kier alpha value is -1.16. The fourth-order valence-electron chi connectivity index (χ4n) is 1.25. The maximum absolute atomic E-state index is 11.6. The highest BCUT2D eigenvalue weighted by molar-refractivity contribution is 9.10. The Bertz CT molecular complexity index is 518. The Morgan fingerprint density at radius 2 is 1.92 bits per heavy atom. The minimum atomic E-state index is -0.0706. The van der Waals surface area contributed by atoms with E-state index in [4.69, 9.17) is 0 Å². The van der Waals surface area contributed by atoms with Gasteiger partial charge in [-0.05, 0) is 22.0 Å². The molecule has 3 nitrogen and oxygen atoms in total. The molecule has 1 aromatic heterocycles. The quantitative estimate of drug-likeness (QED) is 0.701. The van der Waals surface area contributed by atoms with Crippen molar-refractivity contribution >= 4 is 26.7 Å². The second-order valence-electron chi connectivity index (χ2n) is 2.77. The molecule has 1 heterocycles. The van der Waals surface area contributed by atoms with Gasteiger partial charge >= 0.3 is 0 Å². The molecule has 0 radical (unpaired) electrons. The van der Waals surface area contributed by atoms with E-state index < -0.39 is 0 Å². The van der Waals surface area contributed by atoms with Crippen LogP contribution in [0.5, 0.6) is 0 Å². The lowest BCUT2D eigenvalue weighted by atomic mass is 10.2. The molecule has 0 amide bonds. The van der Waals surface area contributed by atoms with Crippen molar-refractivity contribution < 1.29 is 0 Å². The first kappa shape index (κ1) is 8.44. The lowest BCUT2D eigenvalue weighted by molar-refractivity contribution is 0.709. The predicted octanol–water partition coefficient (Wildman–Crippen LogP) is 1.70. The molecular weight excluding hydrogens is 232 g/mol. The Balaban J connectivity index is 3.06. The zero-order chi connectivity index (χ0) is 9.42. The minimum Gasteiger partial charge on any atom is -0.267 e. The van der Waals surface area contributed by atoms with E-state index in [1.165, 1.54) is 4.68 Å². The van der Waals surface area contributed by atoms with E-state index in [0.717, 1.165) is 5.39 Å². The van der Waals surface area contributed by atoms with Crippen molar-refractivity contribution in [3.05, 3.63) is 39.2 Å². The van der Waals surface area contributed by atoms with E-state index in [9.17, 15) is 4.79 Å². The van der Waals surface area contributed by atoms with Crippen molar-refractivity contribution in [1.82, 2.24) is 9.78 Å². The zero-order valence-corrected chi connectivity index (χ0v) is 8.58. The van der Waals surface area contributed by atoms with Gasteiger partial charge in [0, 0.05) is 12.4 Å². The third-order valence-electron chi connectivity index (χ3n) is 1.91. The van der Waals surface area contributed by atoms with Crippen LogP contribution in [-0.4, -0.2) is 9.78 Å². The van der Waals surface area contributed by atoms with Crippen molar-refractivity contribution in [2.45, 2.75) is 0 Å². The summed E-state index contributed by atoms with van der Waals surface area (Å²) in [6.45, 7) is 0. The van der Waals surface area contributed by atoms with Gasteiger partial charge in [0.25, 0.3) is 5.56 Å². The first-order valence-corrected chi connectivity index (χ1v) is 4.61. The van der Waals surface area contributed by atoms with Crippen molar-refractivity contribution in [3.8, 4) is 0 Å². The molecule has 4 heteroatoms. The zero-order valence-electron chi connectivity index (χ0n) is 6.99. The summed E-state index contributed by atoms with van der Waals surface area (Å²) in [5, 5.41) is 5.56. The highest BCUT2D eigenvalue weighted by Crippen LogP contribution is 2.17. The summed E-state index contributed by atoms with van der Waals surface area (Å²) in [4.78, 5) is 11.6. The normalized spacial score (nSPS) is 10.6. The predicted molar refractivity (Wildman–Crippen MR) is 54.7 cm³/mol. The van der Waals surface area contributed by atoms with Crippen molar-refractivity contribution in [1.29, 1.82) is 0 Å². The molecule has 2 rings (SSSR count). The van der Waals surface area contributed by atoms with Crippen LogP contribution in [-0.2, 0) is 7.05 Å². The number of fused-ring (bicyclic) bond motifs is 1. The average Bonchev–Trinajstić information content (AvgIpc) is 2.15. The van der Waals surface area contributed by atoms with Gasteiger partial charge in [0.1, 0.15) is 4.60 Å². The summed E-state index contributed by atoms with van der Waals surface area (Å²) in [6.07, 6.45) is 0. The number of nitrogens with zero attached hydrogens (tertiary/aromatic N) is 2. The molecule has 0 atom stereocenters. The number of rotatable bonds is 0. The Morgan fingerprint density at radius 1 is 1.31 bits per heavy atom. The molecule has 0 aliphatic rings. The monoisotopic (exact) mass is 238 g/mol. The number of hydrogen-bond donors (Lipinski definition) is 0. The van der Waals surface area contributed by atoms with Crippen LogP contribution >= 0.6 is 15.9 Å². The van der Waals surface area contributed by atoms with Gasteiger partial charge in [-0.25, -0.2) is 4.68 Å². The molecule has 2 aromatic rings. The van der Waals surface area contributed by atoms with Gasteiger partial charge in [0.05, 0.1) is 5.39 Å². The summed E-state index contributed by atoms with van der Waals surface area (Å²) in [7, 11) is 1.64. The SMILES string of the molecule is Cn1nc(Br)c2ccccc2c1=O. The molecule has 0 spiro atoms. The molecular formula is C9H7BrN2O. The van der Waals surface area contributed by atoms with Gasteiger partial charge in [0.15, 0.2) is 0 Å². The summed E-state index contributed by atoms with van der Waals surface area (Å²) in [5.41, 5.74) is -0.0706. The molecule has 0 N–H and O–H groups in total. The maximum Gasteiger partial charge on any atom is 0.274 e. The van der Waals surface area contributed by atoms with E-state index >= 15 is 0 Å². The van der Waals surface area contributed by atoms with Crippen LogP contribution < -0.4 is 5.56 Å². The molecule has 0 saturated carbocycles. The summed E-state index contributed by atoms with van der Waals surface area (Å²) in [6, 6.07) is 7.39. The van der Waals surface area contributed by atoms with Crippen molar-refractivity contribution in [2.24, 2.45) is 7.05 Å². The Kier molecular flexibility index (Phi) is 1.92. The van der Waals surface area contributed by atoms with Crippen LogP contribution in [0, 0.1) is 0 Å². The fraction of sp³-hybridized carbons (Fsp3) is 0.111. The summed E-state index contributed by atoms with van der Waals surface area (Å²) < 4.78 is 2.03. The first-order chi connectivity index (χ1) is 6.20. The summed E-state index contributed by atoms with van der Waals surface area (Å²) in [5.74, 6) is 0. The first-order valence-electron chi connectivity index (χ1n) is 3.81. The average molecular weight is 239 g/mol. The number of hydrogen-bond acceptors (Lipinski definition) is 2. The van der Waals surface area contributed by atoms with E-state index in [1.807, 2.05) is 18.2 Å². The van der Waals surface area contributed by atoms with E-state index in [-0.39, 0.29) is 5.56 Å². The highest BCUT2D eigenvalue weighted by atomic mass is 79.9. The molecule has 0 aliphatic heterocycles. The van der Waals surface area contributed by atoms with Gasteiger partial charge < -0.3 is 0 Å². The van der Waals surface area contributed by atoms with Gasteiger partial charge in [0.2, 0.25) is 0 Å². The second-order valence-corrected chi connectivity index (χ2v) is 3.52. The Labute approximate surface area is 83.1 Å². The molecule has 0 fully saturated rings. The van der Waals surface area contributed by atoms with Gasteiger partial charge in [-0.1, -0.05) is 18.2 Å². The van der Waals surface area contributed by atoms with Crippen LogP contribution in [0.3, 0.4) is 0 Å². The number of halogens is 1.